The standard InChI is InChI=1S/C19H16ClFN2O3/c1-12-8-17(19(24)25)22-23(12)10-14-9-15(21)6-7-18(14)26-11-13-4-2-3-5-16(13)20/h2-9H,10-11H2,1H3,(H,24,25). The molecule has 3 aromatic rings. The Balaban J connectivity index is 1.84. The molecule has 7 heteroatoms. The van der Waals surface area contributed by atoms with E-state index in [9.17, 15) is 9.18 Å². The van der Waals surface area contributed by atoms with Crippen LogP contribution in [0.1, 0.15) is 27.3 Å². The van der Waals surface area contributed by atoms with E-state index in [1.54, 1.807) is 19.1 Å². The first-order valence-corrected chi connectivity index (χ1v) is 8.24. The molecule has 1 N–H and O–H groups in total. The van der Waals surface area contributed by atoms with Crippen LogP contribution in [0.3, 0.4) is 0 Å². The summed E-state index contributed by atoms with van der Waals surface area (Å²) in [7, 11) is 0. The van der Waals surface area contributed by atoms with Crippen molar-refractivity contribution in [2.45, 2.75) is 20.1 Å². The topological polar surface area (TPSA) is 64.3 Å². The molecule has 3 rings (SSSR count). The summed E-state index contributed by atoms with van der Waals surface area (Å²) in [5.41, 5.74) is 1.97. The lowest BCUT2D eigenvalue weighted by Gasteiger charge is -2.13. The summed E-state index contributed by atoms with van der Waals surface area (Å²) < 4.78 is 21.0. The molecule has 1 heterocycles. The Hall–Kier alpha value is -2.86. The lowest BCUT2D eigenvalue weighted by Crippen LogP contribution is -2.08. The van der Waals surface area contributed by atoms with Crippen LogP contribution in [0.2, 0.25) is 5.02 Å². The zero-order valence-corrected chi connectivity index (χ0v) is 14.7. The summed E-state index contributed by atoms with van der Waals surface area (Å²) >= 11 is 6.13. The number of ether oxygens (including phenoxy) is 1. The Morgan fingerprint density at radius 3 is 2.69 bits per heavy atom. The van der Waals surface area contributed by atoms with Gasteiger partial charge < -0.3 is 9.84 Å². The summed E-state index contributed by atoms with van der Waals surface area (Å²) in [6, 6.07) is 13.0. The number of carboxylic acids is 1. The molecule has 0 bridgehead atoms. The van der Waals surface area contributed by atoms with E-state index in [4.69, 9.17) is 21.4 Å². The van der Waals surface area contributed by atoms with Crippen molar-refractivity contribution < 1.29 is 19.0 Å². The molecule has 0 aliphatic carbocycles. The van der Waals surface area contributed by atoms with Crippen molar-refractivity contribution in [2.75, 3.05) is 0 Å². The fraction of sp³-hybridized carbons (Fsp3) is 0.158. The zero-order chi connectivity index (χ0) is 18.7. The van der Waals surface area contributed by atoms with Crippen LogP contribution >= 0.6 is 11.6 Å². The second kappa shape index (κ2) is 7.58. The maximum Gasteiger partial charge on any atom is 0.356 e. The minimum absolute atomic E-state index is 0.0579. The Kier molecular flexibility index (Phi) is 5.23. The van der Waals surface area contributed by atoms with E-state index in [1.165, 1.54) is 22.9 Å². The van der Waals surface area contributed by atoms with Gasteiger partial charge in [0.05, 0.1) is 6.54 Å². The van der Waals surface area contributed by atoms with Crippen LogP contribution in [0, 0.1) is 12.7 Å². The highest BCUT2D eigenvalue weighted by Gasteiger charge is 2.14. The molecule has 134 valence electrons. The quantitative estimate of drug-likeness (QED) is 0.698. The average molecular weight is 375 g/mol. The monoisotopic (exact) mass is 374 g/mol. The molecule has 0 fully saturated rings. The Labute approximate surface area is 154 Å². The molecule has 0 saturated carbocycles. The van der Waals surface area contributed by atoms with E-state index in [-0.39, 0.29) is 18.8 Å². The molecule has 0 saturated heterocycles. The molecule has 0 amide bonds. The van der Waals surface area contributed by atoms with Crippen molar-refractivity contribution in [1.82, 2.24) is 9.78 Å². The van der Waals surface area contributed by atoms with Gasteiger partial charge in [-0.3, -0.25) is 4.68 Å². The van der Waals surface area contributed by atoms with Crippen LogP contribution in [0.25, 0.3) is 0 Å². The SMILES string of the molecule is Cc1cc(C(=O)O)nn1Cc1cc(F)ccc1OCc1ccccc1Cl. The van der Waals surface area contributed by atoms with Crippen molar-refractivity contribution in [3.05, 3.63) is 81.9 Å². The summed E-state index contributed by atoms with van der Waals surface area (Å²) in [4.78, 5) is 11.1. The molecule has 0 aliphatic rings. The Bertz CT molecular complexity index is 956. The fourth-order valence-electron chi connectivity index (χ4n) is 2.52. The van der Waals surface area contributed by atoms with E-state index in [0.717, 1.165) is 5.56 Å². The molecule has 0 unspecified atom stereocenters. The second-order valence-electron chi connectivity index (χ2n) is 5.77. The normalized spacial score (nSPS) is 10.7. The maximum atomic E-state index is 13.7. The molecule has 1 aromatic heterocycles. The van der Waals surface area contributed by atoms with Crippen molar-refractivity contribution in [2.24, 2.45) is 0 Å². The smallest absolute Gasteiger partial charge is 0.356 e. The first-order valence-electron chi connectivity index (χ1n) is 7.86. The van der Waals surface area contributed by atoms with Crippen LogP contribution in [-0.2, 0) is 13.2 Å². The number of hydrogen-bond acceptors (Lipinski definition) is 3. The number of hydrogen-bond donors (Lipinski definition) is 1. The van der Waals surface area contributed by atoms with Gasteiger partial charge in [-0.1, -0.05) is 29.8 Å². The predicted molar refractivity (Wildman–Crippen MR) is 95.2 cm³/mol. The molecule has 0 radical (unpaired) electrons. The van der Waals surface area contributed by atoms with Gasteiger partial charge in [0.15, 0.2) is 5.69 Å². The highest BCUT2D eigenvalue weighted by molar-refractivity contribution is 6.31. The summed E-state index contributed by atoms with van der Waals surface area (Å²) in [6.07, 6.45) is 0. The van der Waals surface area contributed by atoms with E-state index >= 15 is 0 Å². The van der Waals surface area contributed by atoms with E-state index in [0.29, 0.717) is 22.0 Å². The van der Waals surface area contributed by atoms with Crippen LogP contribution in [0.5, 0.6) is 5.75 Å². The molecule has 0 spiro atoms. The number of aromatic carboxylic acids is 1. The van der Waals surface area contributed by atoms with Gasteiger partial charge in [-0.2, -0.15) is 5.10 Å². The van der Waals surface area contributed by atoms with Crippen LogP contribution in [0.15, 0.2) is 48.5 Å². The first-order chi connectivity index (χ1) is 12.4. The molecular formula is C19H16ClFN2O3. The summed E-state index contributed by atoms with van der Waals surface area (Å²) in [6.45, 7) is 2.16. The molecular weight excluding hydrogens is 359 g/mol. The lowest BCUT2D eigenvalue weighted by molar-refractivity contribution is 0.0689. The zero-order valence-electron chi connectivity index (χ0n) is 13.9. The molecule has 2 aromatic carbocycles. The molecule has 0 aliphatic heterocycles. The number of aromatic nitrogens is 2. The molecule has 5 nitrogen and oxygen atoms in total. The van der Waals surface area contributed by atoms with Gasteiger partial charge in [0, 0.05) is 21.8 Å². The second-order valence-corrected chi connectivity index (χ2v) is 6.17. The third-order valence-corrected chi connectivity index (χ3v) is 4.25. The number of carbonyl (C=O) groups is 1. The van der Waals surface area contributed by atoms with Gasteiger partial charge in [-0.25, -0.2) is 9.18 Å². The van der Waals surface area contributed by atoms with Gasteiger partial charge >= 0.3 is 5.97 Å². The molecule has 0 atom stereocenters. The fourth-order valence-corrected chi connectivity index (χ4v) is 2.71. The largest absolute Gasteiger partial charge is 0.488 e. The van der Waals surface area contributed by atoms with Crippen LogP contribution in [-0.4, -0.2) is 20.9 Å². The van der Waals surface area contributed by atoms with Gasteiger partial charge in [-0.05, 0) is 37.3 Å². The van der Waals surface area contributed by atoms with Crippen molar-refractivity contribution >= 4 is 17.6 Å². The maximum absolute atomic E-state index is 13.7. The lowest BCUT2D eigenvalue weighted by atomic mass is 10.2. The Morgan fingerprint density at radius 2 is 2.00 bits per heavy atom. The van der Waals surface area contributed by atoms with Gasteiger partial charge in [0.1, 0.15) is 18.2 Å². The third-order valence-electron chi connectivity index (χ3n) is 3.88. The van der Waals surface area contributed by atoms with Crippen molar-refractivity contribution in [3.8, 4) is 5.75 Å². The average Bonchev–Trinajstić information content (AvgIpc) is 2.97. The number of rotatable bonds is 6. The first kappa shape index (κ1) is 17.9. The van der Waals surface area contributed by atoms with Crippen molar-refractivity contribution in [3.63, 3.8) is 0 Å². The highest BCUT2D eigenvalue weighted by atomic mass is 35.5. The number of carboxylic acid groups (broad SMARTS) is 1. The third kappa shape index (κ3) is 4.03. The number of benzene rings is 2. The predicted octanol–water partition coefficient (Wildman–Crippen LogP) is 4.31. The Morgan fingerprint density at radius 1 is 1.23 bits per heavy atom. The van der Waals surface area contributed by atoms with Crippen molar-refractivity contribution in [1.29, 1.82) is 0 Å². The summed E-state index contributed by atoms with van der Waals surface area (Å²) in [5.74, 6) is -1.03. The number of aryl methyl sites for hydroxylation is 1. The minimum atomic E-state index is -1.11. The van der Waals surface area contributed by atoms with Gasteiger partial charge in [0.2, 0.25) is 0 Å². The minimum Gasteiger partial charge on any atom is -0.488 e. The molecule has 26 heavy (non-hydrogen) atoms. The van der Waals surface area contributed by atoms with Gasteiger partial charge in [-0.15, -0.1) is 0 Å². The van der Waals surface area contributed by atoms with Crippen LogP contribution < -0.4 is 4.74 Å². The number of halogens is 2. The van der Waals surface area contributed by atoms with E-state index in [2.05, 4.69) is 5.10 Å². The van der Waals surface area contributed by atoms with Gasteiger partial charge in [0.25, 0.3) is 0 Å². The van der Waals surface area contributed by atoms with Crippen LogP contribution in [0.4, 0.5) is 4.39 Å². The van der Waals surface area contributed by atoms with E-state index in [1.807, 2.05) is 18.2 Å². The number of nitrogens with zero attached hydrogens (tertiary/aromatic N) is 2. The highest BCUT2D eigenvalue weighted by Crippen LogP contribution is 2.24. The summed E-state index contributed by atoms with van der Waals surface area (Å²) in [5, 5.41) is 13.7. The van der Waals surface area contributed by atoms with E-state index < -0.39 is 11.8 Å².